The maximum Gasteiger partial charge on any atom is 0.335 e. The number of carboxylic acids is 1. The number of rotatable bonds is 7. The van der Waals surface area contributed by atoms with E-state index in [0.29, 0.717) is 13.0 Å². The number of carbonyl (C=O) groups excluding carboxylic acids is 1. The summed E-state index contributed by atoms with van der Waals surface area (Å²) in [4.78, 5) is 22.4. The summed E-state index contributed by atoms with van der Waals surface area (Å²) in [6.07, 6.45) is 0.802. The van der Waals surface area contributed by atoms with Gasteiger partial charge in [-0.2, -0.15) is 0 Å². The standard InChI is InChI=1S/C14H18FNO4/c1-9(2)20-7-3-4-13(17)16-12-8-10(14(18)19)5-6-11(12)15/h5-6,8-9H,3-4,7H2,1-2H3,(H,16,17)(H,18,19). The molecule has 20 heavy (non-hydrogen) atoms. The molecule has 0 aromatic heterocycles. The minimum absolute atomic E-state index is 0.0789. The Kier molecular flexibility index (Phi) is 6.11. The molecule has 5 nitrogen and oxygen atoms in total. The number of hydrogen-bond donors (Lipinski definition) is 2. The summed E-state index contributed by atoms with van der Waals surface area (Å²) >= 11 is 0. The molecule has 0 spiro atoms. The van der Waals surface area contributed by atoms with E-state index in [4.69, 9.17) is 9.84 Å². The second-order valence-electron chi connectivity index (χ2n) is 4.57. The van der Waals surface area contributed by atoms with Crippen molar-refractivity contribution >= 4 is 17.6 Å². The highest BCUT2D eigenvalue weighted by atomic mass is 19.1. The molecule has 0 radical (unpaired) electrons. The van der Waals surface area contributed by atoms with Crippen LogP contribution in [0.2, 0.25) is 0 Å². The molecule has 0 atom stereocenters. The van der Waals surface area contributed by atoms with Gasteiger partial charge in [-0.25, -0.2) is 9.18 Å². The second-order valence-corrected chi connectivity index (χ2v) is 4.57. The van der Waals surface area contributed by atoms with Crippen LogP contribution in [0.4, 0.5) is 10.1 Å². The number of aromatic carboxylic acids is 1. The van der Waals surface area contributed by atoms with E-state index in [0.717, 1.165) is 18.2 Å². The topological polar surface area (TPSA) is 75.6 Å². The number of nitrogens with one attached hydrogen (secondary N) is 1. The molecule has 0 saturated heterocycles. The average Bonchev–Trinajstić information content (AvgIpc) is 2.37. The van der Waals surface area contributed by atoms with Crippen LogP contribution in [0.25, 0.3) is 0 Å². The van der Waals surface area contributed by atoms with Crippen LogP contribution in [0, 0.1) is 5.82 Å². The highest BCUT2D eigenvalue weighted by molar-refractivity contribution is 5.94. The van der Waals surface area contributed by atoms with Crippen molar-refractivity contribution in [3.63, 3.8) is 0 Å². The van der Waals surface area contributed by atoms with Gasteiger partial charge in [-0.1, -0.05) is 0 Å². The predicted octanol–water partition coefficient (Wildman–Crippen LogP) is 2.67. The van der Waals surface area contributed by atoms with Gasteiger partial charge in [0.05, 0.1) is 17.4 Å². The summed E-state index contributed by atoms with van der Waals surface area (Å²) in [5.41, 5.74) is -0.204. The molecular formula is C14H18FNO4. The van der Waals surface area contributed by atoms with Crippen molar-refractivity contribution in [3.8, 4) is 0 Å². The minimum Gasteiger partial charge on any atom is -0.478 e. The second kappa shape index (κ2) is 7.59. The number of amides is 1. The van der Waals surface area contributed by atoms with E-state index in [-0.39, 0.29) is 29.7 Å². The molecule has 0 unspecified atom stereocenters. The molecule has 1 amide bonds. The van der Waals surface area contributed by atoms with E-state index in [1.807, 2.05) is 13.8 Å². The smallest absolute Gasteiger partial charge is 0.335 e. The molecule has 0 saturated carbocycles. The number of anilines is 1. The van der Waals surface area contributed by atoms with Gasteiger partial charge < -0.3 is 15.2 Å². The fraction of sp³-hybridized carbons (Fsp3) is 0.429. The first-order valence-electron chi connectivity index (χ1n) is 6.34. The van der Waals surface area contributed by atoms with Crippen LogP contribution in [0.1, 0.15) is 37.0 Å². The molecule has 0 aliphatic heterocycles. The largest absolute Gasteiger partial charge is 0.478 e. The summed E-state index contributed by atoms with van der Waals surface area (Å²) in [7, 11) is 0. The number of hydrogen-bond acceptors (Lipinski definition) is 3. The van der Waals surface area contributed by atoms with E-state index in [1.54, 1.807) is 0 Å². The van der Waals surface area contributed by atoms with Gasteiger partial charge >= 0.3 is 5.97 Å². The molecule has 0 bridgehead atoms. The van der Waals surface area contributed by atoms with E-state index in [2.05, 4.69) is 5.32 Å². The van der Waals surface area contributed by atoms with E-state index < -0.39 is 11.8 Å². The number of carbonyl (C=O) groups is 2. The molecule has 0 aliphatic rings. The van der Waals surface area contributed by atoms with Crippen LogP contribution in [-0.4, -0.2) is 29.7 Å². The summed E-state index contributed by atoms with van der Waals surface area (Å²) in [6, 6.07) is 3.25. The van der Waals surface area contributed by atoms with Crippen molar-refractivity contribution in [1.82, 2.24) is 0 Å². The maximum atomic E-state index is 13.5. The molecule has 0 heterocycles. The molecule has 110 valence electrons. The first kappa shape index (κ1) is 16.1. The Morgan fingerprint density at radius 1 is 1.40 bits per heavy atom. The molecule has 0 aliphatic carbocycles. The summed E-state index contributed by atoms with van der Waals surface area (Å²) in [6.45, 7) is 4.24. The molecule has 2 N–H and O–H groups in total. The fourth-order valence-electron chi connectivity index (χ4n) is 1.52. The Balaban J connectivity index is 2.53. The van der Waals surface area contributed by atoms with E-state index >= 15 is 0 Å². The van der Waals surface area contributed by atoms with E-state index in [9.17, 15) is 14.0 Å². The molecule has 6 heteroatoms. The van der Waals surface area contributed by atoms with Crippen LogP contribution in [0.15, 0.2) is 18.2 Å². The Hall–Kier alpha value is -1.95. The highest BCUT2D eigenvalue weighted by Crippen LogP contribution is 2.16. The van der Waals surface area contributed by atoms with Crippen LogP contribution in [-0.2, 0) is 9.53 Å². The lowest BCUT2D eigenvalue weighted by Gasteiger charge is -2.09. The number of carboxylic acid groups (broad SMARTS) is 1. The van der Waals surface area contributed by atoms with Crippen molar-refractivity contribution in [1.29, 1.82) is 0 Å². The lowest BCUT2D eigenvalue weighted by Crippen LogP contribution is -2.14. The lowest BCUT2D eigenvalue weighted by molar-refractivity contribution is -0.116. The Labute approximate surface area is 116 Å². The van der Waals surface area contributed by atoms with Gasteiger partial charge in [-0.3, -0.25) is 4.79 Å². The SMILES string of the molecule is CC(C)OCCCC(=O)Nc1cc(C(=O)O)ccc1F. The van der Waals surface area contributed by atoms with Gasteiger partial charge in [0.1, 0.15) is 5.82 Å². The quantitative estimate of drug-likeness (QED) is 0.754. The Morgan fingerprint density at radius 2 is 2.10 bits per heavy atom. The van der Waals surface area contributed by atoms with E-state index in [1.165, 1.54) is 0 Å². The Morgan fingerprint density at radius 3 is 2.70 bits per heavy atom. The maximum absolute atomic E-state index is 13.5. The third kappa shape index (κ3) is 5.36. The molecule has 1 aromatic rings. The Bertz CT molecular complexity index is 488. The van der Waals surface area contributed by atoms with Crippen molar-refractivity contribution in [3.05, 3.63) is 29.6 Å². The van der Waals surface area contributed by atoms with Gasteiger partial charge in [0.2, 0.25) is 5.91 Å². The number of benzene rings is 1. The van der Waals surface area contributed by atoms with Crippen molar-refractivity contribution in [2.24, 2.45) is 0 Å². The molecule has 1 aromatic carbocycles. The van der Waals surface area contributed by atoms with Gasteiger partial charge in [0.15, 0.2) is 0 Å². The number of halogens is 1. The van der Waals surface area contributed by atoms with Gasteiger partial charge in [-0.15, -0.1) is 0 Å². The van der Waals surface area contributed by atoms with Crippen molar-refractivity contribution < 1.29 is 23.8 Å². The fourth-order valence-corrected chi connectivity index (χ4v) is 1.52. The van der Waals surface area contributed by atoms with Crippen LogP contribution in [0.3, 0.4) is 0 Å². The average molecular weight is 283 g/mol. The summed E-state index contributed by atoms with van der Waals surface area (Å²) in [5.74, 6) is -2.22. The van der Waals surface area contributed by atoms with Crippen LogP contribution in [0.5, 0.6) is 0 Å². The third-order valence-electron chi connectivity index (χ3n) is 2.49. The highest BCUT2D eigenvalue weighted by Gasteiger charge is 2.11. The molecule has 1 rings (SSSR count). The third-order valence-corrected chi connectivity index (χ3v) is 2.49. The zero-order valence-electron chi connectivity index (χ0n) is 11.5. The first-order valence-corrected chi connectivity index (χ1v) is 6.34. The zero-order chi connectivity index (χ0) is 15.1. The van der Waals surface area contributed by atoms with Gasteiger partial charge in [0, 0.05) is 13.0 Å². The lowest BCUT2D eigenvalue weighted by atomic mass is 10.2. The summed E-state index contributed by atoms with van der Waals surface area (Å²) in [5, 5.41) is 11.2. The summed E-state index contributed by atoms with van der Waals surface area (Å²) < 4.78 is 18.7. The molecular weight excluding hydrogens is 265 g/mol. The first-order chi connectivity index (χ1) is 9.40. The van der Waals surface area contributed by atoms with Gasteiger partial charge in [-0.05, 0) is 38.5 Å². The number of ether oxygens (including phenoxy) is 1. The predicted molar refractivity (Wildman–Crippen MR) is 72.3 cm³/mol. The minimum atomic E-state index is -1.18. The van der Waals surface area contributed by atoms with Crippen molar-refractivity contribution in [2.75, 3.05) is 11.9 Å². The van der Waals surface area contributed by atoms with Crippen LogP contribution >= 0.6 is 0 Å². The van der Waals surface area contributed by atoms with Crippen molar-refractivity contribution in [2.45, 2.75) is 32.8 Å². The molecule has 0 fully saturated rings. The van der Waals surface area contributed by atoms with Gasteiger partial charge in [0.25, 0.3) is 0 Å². The zero-order valence-corrected chi connectivity index (χ0v) is 11.5. The normalized spacial score (nSPS) is 10.6. The van der Waals surface area contributed by atoms with Crippen LogP contribution < -0.4 is 5.32 Å². The monoisotopic (exact) mass is 283 g/mol.